The van der Waals surface area contributed by atoms with Gasteiger partial charge in [-0.1, -0.05) is 15.9 Å². The van der Waals surface area contributed by atoms with Gasteiger partial charge in [-0.25, -0.2) is 9.59 Å². The maximum Gasteiger partial charge on any atom is 0.335 e. The first-order valence-electron chi connectivity index (χ1n) is 4.45. The van der Waals surface area contributed by atoms with Gasteiger partial charge in [0.15, 0.2) is 6.10 Å². The molecule has 0 fully saturated rings. The highest BCUT2D eigenvalue weighted by atomic mass is 79.9. The predicted molar refractivity (Wildman–Crippen MR) is 59.7 cm³/mol. The van der Waals surface area contributed by atoms with Crippen molar-refractivity contribution in [2.24, 2.45) is 0 Å². The Hall–Kier alpha value is -1.44. The van der Waals surface area contributed by atoms with Crippen LogP contribution >= 0.6 is 15.9 Å². The molecule has 7 heteroatoms. The average Bonchev–Trinajstić information content (AvgIpc) is 2.25. The van der Waals surface area contributed by atoms with Crippen molar-refractivity contribution in [2.45, 2.75) is 12.2 Å². The Balaban J connectivity index is 3.13. The number of carbonyl (C=O) groups is 2. The highest BCUT2D eigenvalue weighted by Crippen LogP contribution is 2.23. The maximum atomic E-state index is 10.8. The molecule has 0 spiro atoms. The zero-order valence-electron chi connectivity index (χ0n) is 8.37. The topological polar surface area (TPSA) is 115 Å². The van der Waals surface area contributed by atoms with Crippen LogP contribution in [0.4, 0.5) is 0 Å². The molecule has 0 aliphatic rings. The molecule has 0 radical (unpaired) electrons. The Bertz CT molecular complexity index is 458. The molecule has 17 heavy (non-hydrogen) atoms. The van der Waals surface area contributed by atoms with Crippen LogP contribution in [0.5, 0.6) is 0 Å². The largest absolute Gasteiger partial charge is 0.479 e. The smallest absolute Gasteiger partial charge is 0.335 e. The molecule has 0 bridgehead atoms. The molecule has 0 saturated heterocycles. The Kier molecular flexibility index (Phi) is 4.22. The highest BCUT2D eigenvalue weighted by Gasteiger charge is 2.26. The maximum absolute atomic E-state index is 10.8. The first-order chi connectivity index (χ1) is 7.82. The lowest BCUT2D eigenvalue weighted by atomic mass is 10.0. The molecule has 1 rings (SSSR count). The fraction of sp³-hybridized carbons (Fsp3) is 0.200. The fourth-order valence-electron chi connectivity index (χ4n) is 1.22. The van der Waals surface area contributed by atoms with Gasteiger partial charge in [-0.05, 0) is 23.8 Å². The summed E-state index contributed by atoms with van der Waals surface area (Å²) in [5.74, 6) is -2.81. The summed E-state index contributed by atoms with van der Waals surface area (Å²) in [4.78, 5) is 21.2. The van der Waals surface area contributed by atoms with Gasteiger partial charge in [-0.2, -0.15) is 0 Å². The summed E-state index contributed by atoms with van der Waals surface area (Å²) in [6, 6.07) is 3.74. The summed E-state index contributed by atoms with van der Waals surface area (Å²) in [6.45, 7) is 0. The van der Waals surface area contributed by atoms with E-state index in [2.05, 4.69) is 15.9 Å². The van der Waals surface area contributed by atoms with Crippen molar-refractivity contribution in [3.05, 3.63) is 33.8 Å². The predicted octanol–water partition coefficient (Wildman–Crippen LogP) is 0.626. The second-order valence-corrected chi connectivity index (χ2v) is 4.22. The average molecular weight is 305 g/mol. The molecular formula is C10H9BrO6. The van der Waals surface area contributed by atoms with Gasteiger partial charge in [-0.3, -0.25) is 0 Å². The molecule has 0 heterocycles. The van der Waals surface area contributed by atoms with E-state index in [1.54, 1.807) is 0 Å². The minimum atomic E-state index is -2.01. The molecule has 0 aliphatic carbocycles. The van der Waals surface area contributed by atoms with Crippen molar-refractivity contribution in [1.29, 1.82) is 0 Å². The first-order valence-corrected chi connectivity index (χ1v) is 5.25. The van der Waals surface area contributed by atoms with E-state index >= 15 is 0 Å². The zero-order chi connectivity index (χ0) is 13.2. The Morgan fingerprint density at radius 3 is 2.18 bits per heavy atom. The minimum absolute atomic E-state index is 0.00618. The van der Waals surface area contributed by atoms with Crippen molar-refractivity contribution in [3.8, 4) is 0 Å². The van der Waals surface area contributed by atoms with Crippen LogP contribution in [0.2, 0.25) is 0 Å². The van der Waals surface area contributed by atoms with E-state index in [0.717, 1.165) is 6.07 Å². The number of hydrogen-bond donors (Lipinski definition) is 4. The van der Waals surface area contributed by atoms with Gasteiger partial charge < -0.3 is 20.4 Å². The van der Waals surface area contributed by atoms with E-state index in [1.807, 2.05) is 0 Å². The van der Waals surface area contributed by atoms with Gasteiger partial charge in [0.2, 0.25) is 0 Å². The van der Waals surface area contributed by atoms with E-state index in [1.165, 1.54) is 12.1 Å². The van der Waals surface area contributed by atoms with Gasteiger partial charge in [0, 0.05) is 4.47 Å². The SMILES string of the molecule is O=C(O)c1cc(Br)cc(C(O)C(O)C(=O)O)c1. The third kappa shape index (κ3) is 3.26. The molecule has 92 valence electrons. The number of halogens is 1. The van der Waals surface area contributed by atoms with Crippen LogP contribution in [0.1, 0.15) is 22.0 Å². The first kappa shape index (κ1) is 13.6. The lowest BCUT2D eigenvalue weighted by molar-refractivity contribution is -0.153. The molecule has 1 aromatic rings. The molecule has 2 atom stereocenters. The number of aliphatic hydroxyl groups excluding tert-OH is 2. The van der Waals surface area contributed by atoms with E-state index in [9.17, 15) is 14.7 Å². The highest BCUT2D eigenvalue weighted by molar-refractivity contribution is 9.10. The number of carboxylic acid groups (broad SMARTS) is 2. The lowest BCUT2D eigenvalue weighted by Gasteiger charge is -2.15. The molecule has 1 aromatic carbocycles. The quantitative estimate of drug-likeness (QED) is 0.648. The molecule has 6 nitrogen and oxygen atoms in total. The van der Waals surface area contributed by atoms with Gasteiger partial charge >= 0.3 is 11.9 Å². The van der Waals surface area contributed by atoms with Crippen LogP contribution < -0.4 is 0 Å². The molecule has 0 amide bonds. The number of rotatable bonds is 4. The third-order valence-corrected chi connectivity index (χ3v) is 2.52. The van der Waals surface area contributed by atoms with Gasteiger partial charge in [0.1, 0.15) is 6.10 Å². The van der Waals surface area contributed by atoms with Crippen molar-refractivity contribution in [2.75, 3.05) is 0 Å². The van der Waals surface area contributed by atoms with Crippen molar-refractivity contribution in [3.63, 3.8) is 0 Å². The Labute approximate surface area is 104 Å². The molecular weight excluding hydrogens is 296 g/mol. The van der Waals surface area contributed by atoms with Crippen molar-refractivity contribution in [1.82, 2.24) is 0 Å². The van der Waals surface area contributed by atoms with Gasteiger partial charge in [-0.15, -0.1) is 0 Å². The van der Waals surface area contributed by atoms with Crippen LogP contribution in [0, 0.1) is 0 Å². The zero-order valence-corrected chi connectivity index (χ0v) is 9.96. The number of aliphatic hydroxyl groups is 2. The van der Waals surface area contributed by atoms with E-state index < -0.39 is 24.1 Å². The van der Waals surface area contributed by atoms with Crippen LogP contribution in [0.3, 0.4) is 0 Å². The molecule has 0 aliphatic heterocycles. The number of hydrogen-bond acceptors (Lipinski definition) is 4. The second kappa shape index (κ2) is 5.26. The number of aromatic carboxylic acids is 1. The van der Waals surface area contributed by atoms with E-state index in [-0.39, 0.29) is 11.1 Å². The summed E-state index contributed by atoms with van der Waals surface area (Å²) < 4.78 is 0.365. The van der Waals surface area contributed by atoms with Gasteiger partial charge in [0.05, 0.1) is 5.56 Å². The van der Waals surface area contributed by atoms with Gasteiger partial charge in [0.25, 0.3) is 0 Å². The van der Waals surface area contributed by atoms with Crippen LogP contribution in [-0.4, -0.2) is 38.5 Å². The van der Waals surface area contributed by atoms with Crippen LogP contribution in [0.15, 0.2) is 22.7 Å². The normalized spacial score (nSPS) is 14.1. The Morgan fingerprint density at radius 1 is 1.12 bits per heavy atom. The summed E-state index contributed by atoms with van der Waals surface area (Å²) in [7, 11) is 0. The number of benzene rings is 1. The second-order valence-electron chi connectivity index (χ2n) is 3.31. The summed E-state index contributed by atoms with van der Waals surface area (Å²) in [6.07, 6.45) is -3.70. The molecule has 0 saturated carbocycles. The summed E-state index contributed by atoms with van der Waals surface area (Å²) in [5.41, 5.74) is -0.113. The standard InChI is InChI=1S/C10H9BrO6/c11-6-2-4(1-5(3-6)9(14)15)7(12)8(13)10(16)17/h1-3,7-8,12-13H,(H,14,15)(H,16,17). The van der Waals surface area contributed by atoms with E-state index in [0.29, 0.717) is 4.47 Å². The fourth-order valence-corrected chi connectivity index (χ4v) is 1.73. The molecule has 0 aromatic heterocycles. The van der Waals surface area contributed by atoms with Crippen LogP contribution in [0.25, 0.3) is 0 Å². The molecule has 2 unspecified atom stereocenters. The van der Waals surface area contributed by atoms with Crippen LogP contribution in [-0.2, 0) is 4.79 Å². The monoisotopic (exact) mass is 304 g/mol. The van der Waals surface area contributed by atoms with Crippen molar-refractivity contribution < 1.29 is 30.0 Å². The minimum Gasteiger partial charge on any atom is -0.479 e. The summed E-state index contributed by atoms with van der Waals surface area (Å²) in [5, 5.41) is 36.0. The summed E-state index contributed by atoms with van der Waals surface area (Å²) >= 11 is 3.03. The number of carboxylic acids is 2. The van der Waals surface area contributed by atoms with Crippen molar-refractivity contribution >= 4 is 27.9 Å². The number of aliphatic carboxylic acids is 1. The van der Waals surface area contributed by atoms with E-state index in [4.69, 9.17) is 15.3 Å². The Morgan fingerprint density at radius 2 is 1.71 bits per heavy atom. The molecule has 4 N–H and O–H groups in total. The third-order valence-electron chi connectivity index (χ3n) is 2.06. The lowest BCUT2D eigenvalue weighted by Crippen LogP contribution is -2.27.